The average molecular weight is 267 g/mol. The molecule has 0 aromatic rings. The van der Waals surface area contributed by atoms with Crippen LogP contribution in [-0.2, 0) is 14.3 Å². The smallest absolute Gasteiger partial charge is 0.335 e. The summed E-state index contributed by atoms with van der Waals surface area (Å²) in [5, 5.41) is 0. The van der Waals surface area contributed by atoms with Gasteiger partial charge in [0.15, 0.2) is 0 Å². The first kappa shape index (κ1) is 14.4. The molecule has 0 bridgehead atoms. The highest BCUT2D eigenvalue weighted by atomic mass is 16.5. The molecule has 0 spiro atoms. The van der Waals surface area contributed by atoms with Crippen LogP contribution in [0.2, 0.25) is 0 Å². The van der Waals surface area contributed by atoms with Crippen molar-refractivity contribution in [2.24, 2.45) is 0 Å². The summed E-state index contributed by atoms with van der Waals surface area (Å²) in [4.78, 5) is 14.3. The number of nitrogens with zero attached hydrogens (tertiary/aromatic N) is 1. The van der Waals surface area contributed by atoms with Crippen LogP contribution >= 0.6 is 0 Å². The van der Waals surface area contributed by atoms with E-state index in [1.165, 1.54) is 12.8 Å². The number of carbonyl (C=O) groups excluding carboxylic acids is 1. The standard InChI is InChI=1S/C15H25NO3/c1-4-6-7-12-10-19-14-9-8-13(11(3)16(12)14)15(17)18-5-2/h12,14H,4-10H2,1-3H3. The summed E-state index contributed by atoms with van der Waals surface area (Å²) in [5.41, 5.74) is 1.90. The molecule has 4 heteroatoms. The minimum Gasteiger partial charge on any atom is -0.463 e. The van der Waals surface area contributed by atoms with Gasteiger partial charge in [-0.15, -0.1) is 0 Å². The van der Waals surface area contributed by atoms with Crippen LogP contribution in [0, 0.1) is 0 Å². The molecule has 0 amide bonds. The molecule has 0 aliphatic carbocycles. The quantitative estimate of drug-likeness (QED) is 0.718. The second-order valence-electron chi connectivity index (χ2n) is 5.31. The highest BCUT2D eigenvalue weighted by Crippen LogP contribution is 2.35. The zero-order chi connectivity index (χ0) is 13.8. The van der Waals surface area contributed by atoms with Gasteiger partial charge >= 0.3 is 5.97 Å². The molecule has 0 aromatic heterocycles. The van der Waals surface area contributed by atoms with E-state index in [-0.39, 0.29) is 12.2 Å². The van der Waals surface area contributed by atoms with Crippen molar-refractivity contribution in [3.05, 3.63) is 11.3 Å². The molecule has 108 valence electrons. The van der Waals surface area contributed by atoms with Crippen LogP contribution < -0.4 is 0 Å². The van der Waals surface area contributed by atoms with Crippen LogP contribution in [0.4, 0.5) is 0 Å². The number of carbonyl (C=O) groups is 1. The van der Waals surface area contributed by atoms with Crippen molar-refractivity contribution in [3.63, 3.8) is 0 Å². The Kier molecular flexibility index (Phi) is 4.86. The third-order valence-corrected chi connectivity index (χ3v) is 4.06. The third kappa shape index (κ3) is 2.94. The lowest BCUT2D eigenvalue weighted by Crippen LogP contribution is -2.39. The Labute approximate surface area is 115 Å². The molecular formula is C15H25NO3. The Bertz CT molecular complexity index is 364. The molecule has 19 heavy (non-hydrogen) atoms. The maximum Gasteiger partial charge on any atom is 0.335 e. The fourth-order valence-electron chi connectivity index (χ4n) is 3.06. The van der Waals surface area contributed by atoms with Gasteiger partial charge in [0.25, 0.3) is 0 Å². The largest absolute Gasteiger partial charge is 0.463 e. The molecule has 0 saturated carbocycles. The monoisotopic (exact) mass is 267 g/mol. The van der Waals surface area contributed by atoms with E-state index in [0.29, 0.717) is 12.6 Å². The predicted molar refractivity (Wildman–Crippen MR) is 73.5 cm³/mol. The number of hydrogen-bond acceptors (Lipinski definition) is 4. The first-order valence-electron chi connectivity index (χ1n) is 7.45. The lowest BCUT2D eigenvalue weighted by atomic mass is 9.99. The normalized spacial score (nSPS) is 26.6. The zero-order valence-electron chi connectivity index (χ0n) is 12.3. The summed E-state index contributed by atoms with van der Waals surface area (Å²) in [6, 6.07) is 0.426. The molecule has 0 radical (unpaired) electrons. The molecule has 2 rings (SSSR count). The van der Waals surface area contributed by atoms with E-state index >= 15 is 0 Å². The minimum absolute atomic E-state index is 0.153. The van der Waals surface area contributed by atoms with Gasteiger partial charge in [0.05, 0.1) is 24.8 Å². The highest BCUT2D eigenvalue weighted by molar-refractivity contribution is 5.89. The Morgan fingerprint density at radius 1 is 1.47 bits per heavy atom. The molecule has 1 fully saturated rings. The van der Waals surface area contributed by atoms with Gasteiger partial charge in [-0.1, -0.05) is 19.8 Å². The number of ether oxygens (including phenoxy) is 2. The second kappa shape index (κ2) is 6.42. The van der Waals surface area contributed by atoms with Crippen molar-refractivity contribution < 1.29 is 14.3 Å². The fraction of sp³-hybridized carbons (Fsp3) is 0.800. The number of fused-ring (bicyclic) bond motifs is 1. The number of esters is 1. The molecule has 4 nitrogen and oxygen atoms in total. The molecule has 2 atom stereocenters. The molecule has 2 heterocycles. The van der Waals surface area contributed by atoms with E-state index in [1.54, 1.807) is 0 Å². The third-order valence-electron chi connectivity index (χ3n) is 4.06. The molecule has 0 aromatic carbocycles. The van der Waals surface area contributed by atoms with Gasteiger partial charge in [-0.2, -0.15) is 0 Å². The van der Waals surface area contributed by atoms with Crippen LogP contribution in [0.25, 0.3) is 0 Å². The molecule has 1 saturated heterocycles. The number of allylic oxidation sites excluding steroid dienone is 1. The van der Waals surface area contributed by atoms with Crippen LogP contribution in [-0.4, -0.2) is 36.4 Å². The maximum atomic E-state index is 12.0. The van der Waals surface area contributed by atoms with Crippen molar-refractivity contribution in [1.29, 1.82) is 0 Å². The van der Waals surface area contributed by atoms with E-state index in [4.69, 9.17) is 9.47 Å². The molecule has 0 N–H and O–H groups in total. The van der Waals surface area contributed by atoms with E-state index in [0.717, 1.165) is 37.1 Å². The van der Waals surface area contributed by atoms with Crippen molar-refractivity contribution in [3.8, 4) is 0 Å². The van der Waals surface area contributed by atoms with Gasteiger partial charge < -0.3 is 14.4 Å². The van der Waals surface area contributed by atoms with E-state index < -0.39 is 0 Å². The maximum absolute atomic E-state index is 12.0. The van der Waals surface area contributed by atoms with Gasteiger partial charge in [-0.25, -0.2) is 4.79 Å². The van der Waals surface area contributed by atoms with E-state index in [1.807, 2.05) is 13.8 Å². The highest BCUT2D eigenvalue weighted by Gasteiger charge is 2.39. The van der Waals surface area contributed by atoms with Crippen LogP contribution in [0.1, 0.15) is 52.9 Å². The molecular weight excluding hydrogens is 242 g/mol. The summed E-state index contributed by atoms with van der Waals surface area (Å²) in [6.07, 6.45) is 5.38. The van der Waals surface area contributed by atoms with Gasteiger partial charge in [-0.05, 0) is 33.1 Å². The number of unbranched alkanes of at least 4 members (excludes halogenated alkanes) is 1. The van der Waals surface area contributed by atoms with Gasteiger partial charge in [0, 0.05) is 5.70 Å². The Balaban J connectivity index is 2.14. The summed E-state index contributed by atoms with van der Waals surface area (Å²) < 4.78 is 11.0. The van der Waals surface area contributed by atoms with Crippen molar-refractivity contribution in [1.82, 2.24) is 4.90 Å². The van der Waals surface area contributed by atoms with Gasteiger partial charge in [0.1, 0.15) is 6.23 Å². The van der Waals surface area contributed by atoms with Gasteiger partial charge in [-0.3, -0.25) is 0 Å². The van der Waals surface area contributed by atoms with Crippen molar-refractivity contribution in [2.45, 2.75) is 65.1 Å². The van der Waals surface area contributed by atoms with Crippen molar-refractivity contribution >= 4 is 5.97 Å². The van der Waals surface area contributed by atoms with E-state index in [9.17, 15) is 4.79 Å². The van der Waals surface area contributed by atoms with Crippen molar-refractivity contribution in [2.75, 3.05) is 13.2 Å². The predicted octanol–water partition coefficient (Wildman–Crippen LogP) is 2.83. The van der Waals surface area contributed by atoms with Crippen LogP contribution in [0.3, 0.4) is 0 Å². The summed E-state index contributed by atoms with van der Waals surface area (Å²) in [5.74, 6) is -0.153. The first-order chi connectivity index (χ1) is 9.19. The van der Waals surface area contributed by atoms with Gasteiger partial charge in [0.2, 0.25) is 0 Å². The summed E-state index contributed by atoms with van der Waals surface area (Å²) in [7, 11) is 0. The second-order valence-corrected chi connectivity index (χ2v) is 5.31. The SMILES string of the molecule is CCCCC1COC2CCC(C(=O)OCC)=C(C)N12. The average Bonchev–Trinajstić information content (AvgIpc) is 2.81. The molecule has 2 aliphatic heterocycles. The first-order valence-corrected chi connectivity index (χ1v) is 7.45. The molecule has 2 unspecified atom stereocenters. The zero-order valence-corrected chi connectivity index (χ0v) is 12.3. The fourth-order valence-corrected chi connectivity index (χ4v) is 3.06. The van der Waals surface area contributed by atoms with E-state index in [2.05, 4.69) is 11.8 Å². The Hall–Kier alpha value is -1.03. The lowest BCUT2D eigenvalue weighted by Gasteiger charge is -2.36. The molecule has 2 aliphatic rings. The summed E-state index contributed by atoms with van der Waals surface area (Å²) >= 11 is 0. The Morgan fingerprint density at radius 2 is 2.26 bits per heavy atom. The topological polar surface area (TPSA) is 38.8 Å². The lowest BCUT2D eigenvalue weighted by molar-refractivity contribution is -0.139. The van der Waals surface area contributed by atoms with Crippen LogP contribution in [0.5, 0.6) is 0 Å². The Morgan fingerprint density at radius 3 is 2.95 bits per heavy atom. The number of rotatable bonds is 5. The van der Waals surface area contributed by atoms with Crippen LogP contribution in [0.15, 0.2) is 11.3 Å². The number of hydrogen-bond donors (Lipinski definition) is 0. The summed E-state index contributed by atoms with van der Waals surface area (Å²) in [6.45, 7) is 7.32. The minimum atomic E-state index is -0.153.